The first-order chi connectivity index (χ1) is 11.1. The van der Waals surface area contributed by atoms with Crippen LogP contribution < -0.4 is 5.73 Å². The summed E-state index contributed by atoms with van der Waals surface area (Å²) in [5, 5.41) is 2.31. The number of fused-ring (bicyclic) bond motifs is 2. The number of nitrogens with two attached hydrogens (primary N) is 1. The lowest BCUT2D eigenvalue weighted by Crippen LogP contribution is -2.14. The Labute approximate surface area is 135 Å². The van der Waals surface area contributed by atoms with Crippen LogP contribution in [0.5, 0.6) is 0 Å². The van der Waals surface area contributed by atoms with Crippen molar-refractivity contribution in [3.63, 3.8) is 0 Å². The van der Waals surface area contributed by atoms with E-state index in [1.54, 1.807) is 0 Å². The van der Waals surface area contributed by atoms with E-state index in [2.05, 4.69) is 47.2 Å². The van der Waals surface area contributed by atoms with Crippen molar-refractivity contribution in [2.45, 2.75) is 19.9 Å². The molecule has 2 heterocycles. The molecule has 2 aromatic heterocycles. The summed E-state index contributed by atoms with van der Waals surface area (Å²) in [6.45, 7) is 4.11. The Morgan fingerprint density at radius 2 is 1.65 bits per heavy atom. The Balaban J connectivity index is 1.98. The highest BCUT2D eigenvalue weighted by molar-refractivity contribution is 5.88. The number of rotatable bonds is 2. The minimum Gasteiger partial charge on any atom is -0.358 e. The Morgan fingerprint density at radius 1 is 0.957 bits per heavy atom. The van der Waals surface area contributed by atoms with Crippen molar-refractivity contribution in [2.24, 2.45) is 5.73 Å². The minimum absolute atomic E-state index is 0.183. The van der Waals surface area contributed by atoms with Crippen LogP contribution in [-0.2, 0) is 0 Å². The van der Waals surface area contributed by atoms with E-state index in [0.29, 0.717) is 0 Å². The van der Waals surface area contributed by atoms with Crippen LogP contribution in [0.4, 0.5) is 0 Å². The molecule has 4 aromatic rings. The fourth-order valence-electron chi connectivity index (χ4n) is 3.45. The normalized spacial score (nSPS) is 12.8. The topological polar surface area (TPSA) is 54.7 Å². The van der Waals surface area contributed by atoms with E-state index >= 15 is 0 Å². The van der Waals surface area contributed by atoms with Crippen molar-refractivity contribution in [3.05, 3.63) is 77.1 Å². The molecule has 1 unspecified atom stereocenters. The summed E-state index contributed by atoms with van der Waals surface area (Å²) in [6.07, 6.45) is 0. The number of aromatic nitrogens is 2. The number of pyridine rings is 1. The minimum atomic E-state index is -0.183. The number of benzene rings is 2. The van der Waals surface area contributed by atoms with E-state index in [-0.39, 0.29) is 6.04 Å². The zero-order valence-electron chi connectivity index (χ0n) is 13.3. The first-order valence-corrected chi connectivity index (χ1v) is 7.84. The molecule has 4 rings (SSSR count). The van der Waals surface area contributed by atoms with E-state index in [1.807, 2.05) is 31.2 Å². The van der Waals surface area contributed by atoms with Gasteiger partial charge in [0.05, 0.1) is 11.6 Å². The molecule has 0 fully saturated rings. The number of hydrogen-bond acceptors (Lipinski definition) is 2. The lowest BCUT2D eigenvalue weighted by atomic mass is 9.94. The fourth-order valence-corrected chi connectivity index (χ4v) is 3.45. The third-order valence-corrected chi connectivity index (χ3v) is 4.47. The van der Waals surface area contributed by atoms with Gasteiger partial charge in [0.15, 0.2) is 0 Å². The molecule has 0 spiro atoms. The monoisotopic (exact) mass is 301 g/mol. The highest BCUT2D eigenvalue weighted by Gasteiger charge is 2.19. The van der Waals surface area contributed by atoms with Crippen LogP contribution in [0.3, 0.4) is 0 Å². The summed E-state index contributed by atoms with van der Waals surface area (Å²) in [7, 11) is 0. The molecule has 0 amide bonds. The van der Waals surface area contributed by atoms with E-state index in [9.17, 15) is 0 Å². The van der Waals surface area contributed by atoms with Crippen molar-refractivity contribution >= 4 is 21.8 Å². The van der Waals surface area contributed by atoms with Crippen LogP contribution in [0.1, 0.15) is 28.6 Å². The first kappa shape index (κ1) is 14.0. The maximum absolute atomic E-state index is 6.71. The lowest BCUT2D eigenvalue weighted by Gasteiger charge is -2.16. The molecule has 0 aliphatic rings. The predicted molar refractivity (Wildman–Crippen MR) is 95.5 cm³/mol. The largest absolute Gasteiger partial charge is 0.358 e. The number of para-hydroxylation sites is 2. The second-order valence-corrected chi connectivity index (χ2v) is 6.06. The van der Waals surface area contributed by atoms with E-state index in [4.69, 9.17) is 5.73 Å². The molecule has 0 aliphatic carbocycles. The van der Waals surface area contributed by atoms with Gasteiger partial charge < -0.3 is 10.7 Å². The zero-order valence-corrected chi connectivity index (χ0v) is 13.3. The van der Waals surface area contributed by atoms with Gasteiger partial charge in [-0.2, -0.15) is 0 Å². The molecule has 3 heteroatoms. The number of H-pyrrole nitrogens is 1. The predicted octanol–water partition coefficient (Wildman–Crippen LogP) is 4.38. The average Bonchev–Trinajstić information content (AvgIpc) is 2.89. The molecule has 3 nitrogen and oxygen atoms in total. The van der Waals surface area contributed by atoms with E-state index in [1.165, 1.54) is 5.39 Å². The Morgan fingerprint density at radius 3 is 2.48 bits per heavy atom. The highest BCUT2D eigenvalue weighted by Crippen LogP contribution is 2.33. The van der Waals surface area contributed by atoms with Gasteiger partial charge in [-0.1, -0.05) is 36.4 Å². The van der Waals surface area contributed by atoms with Crippen LogP contribution in [0.15, 0.2) is 54.6 Å². The quantitative estimate of drug-likeness (QED) is 0.577. The number of nitrogens with one attached hydrogen (secondary N) is 1. The van der Waals surface area contributed by atoms with E-state index in [0.717, 1.165) is 38.9 Å². The highest BCUT2D eigenvalue weighted by atomic mass is 14.8. The van der Waals surface area contributed by atoms with Gasteiger partial charge >= 0.3 is 0 Å². The van der Waals surface area contributed by atoms with Crippen LogP contribution >= 0.6 is 0 Å². The zero-order chi connectivity index (χ0) is 16.0. The second kappa shape index (κ2) is 5.21. The SMILES string of the molecule is Cc1cc(C(N)c2c(C)[nH]c3ccccc23)c2ccccc2n1. The molecular formula is C20H19N3. The summed E-state index contributed by atoms with van der Waals surface area (Å²) in [6, 6.07) is 18.4. The second-order valence-electron chi connectivity index (χ2n) is 6.06. The molecular weight excluding hydrogens is 282 g/mol. The maximum Gasteiger partial charge on any atom is 0.0708 e. The lowest BCUT2D eigenvalue weighted by molar-refractivity contribution is 0.873. The maximum atomic E-state index is 6.71. The molecule has 0 bridgehead atoms. The fraction of sp³-hybridized carbons (Fsp3) is 0.150. The molecule has 0 aliphatic heterocycles. The molecule has 0 radical (unpaired) electrons. The van der Waals surface area contributed by atoms with Crippen LogP contribution in [0.25, 0.3) is 21.8 Å². The van der Waals surface area contributed by atoms with Gasteiger partial charge in [0.2, 0.25) is 0 Å². The molecule has 23 heavy (non-hydrogen) atoms. The number of nitrogens with zero attached hydrogens (tertiary/aromatic N) is 1. The number of aromatic amines is 1. The summed E-state index contributed by atoms with van der Waals surface area (Å²) in [4.78, 5) is 8.07. The van der Waals surface area contributed by atoms with Crippen molar-refractivity contribution in [3.8, 4) is 0 Å². The van der Waals surface area contributed by atoms with Gasteiger partial charge in [-0.15, -0.1) is 0 Å². The molecule has 114 valence electrons. The smallest absolute Gasteiger partial charge is 0.0708 e. The molecule has 0 saturated heterocycles. The van der Waals surface area contributed by atoms with Gasteiger partial charge in [0.1, 0.15) is 0 Å². The van der Waals surface area contributed by atoms with Crippen LogP contribution in [0.2, 0.25) is 0 Å². The van der Waals surface area contributed by atoms with Gasteiger partial charge in [-0.3, -0.25) is 4.98 Å². The molecule has 0 saturated carbocycles. The summed E-state index contributed by atoms with van der Waals surface area (Å²) in [5.41, 5.74) is 13.2. The standard InChI is InChI=1S/C20H19N3/c1-12-11-16(14-7-3-5-9-17(14)22-12)20(21)19-13(2)23-18-10-6-4-8-15(18)19/h3-11,20,23H,21H2,1-2H3. The van der Waals surface area contributed by atoms with Gasteiger partial charge in [0, 0.05) is 33.2 Å². The van der Waals surface area contributed by atoms with Crippen molar-refractivity contribution in [1.29, 1.82) is 0 Å². The summed E-state index contributed by atoms with van der Waals surface area (Å²) >= 11 is 0. The van der Waals surface area contributed by atoms with Crippen molar-refractivity contribution in [1.82, 2.24) is 9.97 Å². The van der Waals surface area contributed by atoms with Crippen LogP contribution in [-0.4, -0.2) is 9.97 Å². The number of aryl methyl sites for hydroxylation is 2. The molecule has 3 N–H and O–H groups in total. The third kappa shape index (κ3) is 2.21. The van der Waals surface area contributed by atoms with E-state index < -0.39 is 0 Å². The van der Waals surface area contributed by atoms with Crippen molar-refractivity contribution < 1.29 is 0 Å². The summed E-state index contributed by atoms with van der Waals surface area (Å²) < 4.78 is 0. The Bertz CT molecular complexity index is 1010. The molecule has 1 atom stereocenters. The third-order valence-electron chi connectivity index (χ3n) is 4.47. The van der Waals surface area contributed by atoms with Gasteiger partial charge in [-0.05, 0) is 37.6 Å². The summed E-state index contributed by atoms with van der Waals surface area (Å²) in [5.74, 6) is 0. The number of hydrogen-bond donors (Lipinski definition) is 2. The van der Waals surface area contributed by atoms with Gasteiger partial charge in [-0.25, -0.2) is 0 Å². The van der Waals surface area contributed by atoms with Gasteiger partial charge in [0.25, 0.3) is 0 Å². The Hall–Kier alpha value is -2.65. The Kier molecular flexibility index (Phi) is 3.17. The average molecular weight is 301 g/mol. The first-order valence-electron chi connectivity index (χ1n) is 7.84. The van der Waals surface area contributed by atoms with Crippen molar-refractivity contribution in [2.75, 3.05) is 0 Å². The molecule has 2 aromatic carbocycles. The van der Waals surface area contributed by atoms with Crippen LogP contribution in [0, 0.1) is 13.8 Å².